The second-order valence-electron chi connectivity index (χ2n) is 7.23. The number of fused-ring (bicyclic) bond motifs is 1. The minimum atomic E-state index is -3.72. The standard InChI is InChI=1S/C21H22FN3O6S/c1-11-14-9-15(22)17(31-21(27)25(3)4)10-16(14)30-20(26)18(11)19(23)12-6-5-7-13(8-12)32(28,29)24-2/h5-10,19,24H,23H2,1-4H3. The Balaban J connectivity index is 2.12. The summed E-state index contributed by atoms with van der Waals surface area (Å²) in [5, 5.41) is 0.260. The number of nitrogens with two attached hydrogens (primary N) is 1. The van der Waals surface area contributed by atoms with E-state index in [9.17, 15) is 22.4 Å². The third-order valence-corrected chi connectivity index (χ3v) is 6.35. The molecule has 32 heavy (non-hydrogen) atoms. The smallest absolute Gasteiger partial charge is 0.414 e. The Morgan fingerprint density at radius 1 is 1.25 bits per heavy atom. The highest BCUT2D eigenvalue weighted by Crippen LogP contribution is 2.31. The van der Waals surface area contributed by atoms with Crippen LogP contribution in [0.15, 0.2) is 50.5 Å². The van der Waals surface area contributed by atoms with Crippen LogP contribution < -0.4 is 20.8 Å². The van der Waals surface area contributed by atoms with E-state index in [1.54, 1.807) is 13.0 Å². The average Bonchev–Trinajstić information content (AvgIpc) is 2.75. The van der Waals surface area contributed by atoms with Crippen molar-refractivity contribution in [3.05, 3.63) is 69.3 Å². The number of amides is 1. The minimum Gasteiger partial charge on any atom is -0.422 e. The first-order chi connectivity index (χ1) is 15.0. The van der Waals surface area contributed by atoms with Crippen LogP contribution in [0.3, 0.4) is 0 Å². The van der Waals surface area contributed by atoms with E-state index in [2.05, 4.69) is 4.72 Å². The molecule has 0 radical (unpaired) electrons. The number of aryl methyl sites for hydroxylation is 1. The van der Waals surface area contributed by atoms with E-state index < -0.39 is 33.6 Å². The largest absolute Gasteiger partial charge is 0.422 e. The number of nitrogens with one attached hydrogen (secondary N) is 1. The van der Waals surface area contributed by atoms with Crippen LogP contribution >= 0.6 is 0 Å². The number of hydrogen-bond acceptors (Lipinski definition) is 7. The second-order valence-corrected chi connectivity index (χ2v) is 9.11. The maximum absolute atomic E-state index is 14.6. The van der Waals surface area contributed by atoms with E-state index in [1.807, 2.05) is 0 Å². The molecule has 2 aromatic carbocycles. The van der Waals surface area contributed by atoms with Crippen molar-refractivity contribution in [3.63, 3.8) is 0 Å². The van der Waals surface area contributed by atoms with Gasteiger partial charge in [0.25, 0.3) is 0 Å². The highest BCUT2D eigenvalue weighted by molar-refractivity contribution is 7.89. The molecule has 0 saturated heterocycles. The molecule has 0 aliphatic carbocycles. The van der Waals surface area contributed by atoms with Crippen LogP contribution in [0.2, 0.25) is 0 Å². The molecule has 1 atom stereocenters. The molecule has 1 aromatic heterocycles. The summed E-state index contributed by atoms with van der Waals surface area (Å²) in [5.74, 6) is -1.22. The van der Waals surface area contributed by atoms with Crippen molar-refractivity contribution in [3.8, 4) is 5.75 Å². The van der Waals surface area contributed by atoms with Gasteiger partial charge in [-0.3, -0.25) is 0 Å². The molecule has 1 unspecified atom stereocenters. The Morgan fingerprint density at radius 2 is 1.94 bits per heavy atom. The van der Waals surface area contributed by atoms with Gasteiger partial charge in [0, 0.05) is 25.5 Å². The number of carbonyl (C=O) groups excluding carboxylic acids is 1. The first kappa shape index (κ1) is 23.4. The fraction of sp³-hybridized carbons (Fsp3) is 0.238. The van der Waals surface area contributed by atoms with Gasteiger partial charge in [-0.1, -0.05) is 12.1 Å². The van der Waals surface area contributed by atoms with Crippen LogP contribution in [0, 0.1) is 12.7 Å². The van der Waals surface area contributed by atoms with Gasteiger partial charge in [-0.2, -0.15) is 0 Å². The van der Waals surface area contributed by atoms with Gasteiger partial charge in [-0.15, -0.1) is 0 Å². The summed E-state index contributed by atoms with van der Waals surface area (Å²) in [6, 6.07) is 7.00. The Labute approximate surface area is 183 Å². The Bertz CT molecular complexity index is 1370. The summed E-state index contributed by atoms with van der Waals surface area (Å²) < 4.78 is 51.3. The summed E-state index contributed by atoms with van der Waals surface area (Å²) in [4.78, 5) is 25.6. The van der Waals surface area contributed by atoms with Gasteiger partial charge in [-0.25, -0.2) is 27.1 Å². The van der Waals surface area contributed by atoms with Crippen molar-refractivity contribution >= 4 is 27.1 Å². The van der Waals surface area contributed by atoms with Gasteiger partial charge >= 0.3 is 11.7 Å². The molecule has 170 valence electrons. The molecule has 11 heteroatoms. The molecule has 1 heterocycles. The van der Waals surface area contributed by atoms with E-state index in [0.717, 1.165) is 17.0 Å². The summed E-state index contributed by atoms with van der Waals surface area (Å²) in [7, 11) is 0.442. The van der Waals surface area contributed by atoms with Gasteiger partial charge < -0.3 is 19.8 Å². The lowest BCUT2D eigenvalue weighted by Crippen LogP contribution is -2.25. The highest BCUT2D eigenvalue weighted by atomic mass is 32.2. The summed E-state index contributed by atoms with van der Waals surface area (Å²) in [5.41, 5.74) is 6.28. The molecule has 0 fully saturated rings. The van der Waals surface area contributed by atoms with Crippen LogP contribution in [0.1, 0.15) is 22.7 Å². The maximum Gasteiger partial charge on any atom is 0.414 e. The number of ether oxygens (including phenoxy) is 1. The molecule has 3 rings (SSSR count). The van der Waals surface area contributed by atoms with Gasteiger partial charge in [0.1, 0.15) is 5.58 Å². The van der Waals surface area contributed by atoms with Crippen molar-refractivity contribution in [2.75, 3.05) is 21.1 Å². The Hall–Kier alpha value is -3.28. The van der Waals surface area contributed by atoms with Crippen molar-refractivity contribution in [2.24, 2.45) is 5.73 Å². The first-order valence-corrected chi connectivity index (χ1v) is 10.9. The molecule has 3 aromatic rings. The van der Waals surface area contributed by atoms with Crippen LogP contribution in [0.25, 0.3) is 11.0 Å². The third-order valence-electron chi connectivity index (χ3n) is 4.93. The topological polar surface area (TPSA) is 132 Å². The average molecular weight is 463 g/mol. The van der Waals surface area contributed by atoms with Crippen molar-refractivity contribution in [1.29, 1.82) is 0 Å². The zero-order chi connectivity index (χ0) is 23.8. The lowest BCUT2D eigenvalue weighted by atomic mass is 9.95. The summed E-state index contributed by atoms with van der Waals surface area (Å²) >= 11 is 0. The molecular formula is C21H22FN3O6S. The third kappa shape index (κ3) is 4.35. The number of sulfonamides is 1. The second kappa shape index (κ2) is 8.69. The molecule has 1 amide bonds. The lowest BCUT2D eigenvalue weighted by molar-refractivity contribution is 0.170. The molecule has 0 spiro atoms. The van der Waals surface area contributed by atoms with Crippen LogP contribution in [-0.2, 0) is 10.0 Å². The SMILES string of the molecule is CNS(=O)(=O)c1cccc(C(N)c2c(C)c3cc(F)c(OC(=O)N(C)C)cc3oc2=O)c1. The van der Waals surface area contributed by atoms with Gasteiger partial charge in [0.2, 0.25) is 10.0 Å². The van der Waals surface area contributed by atoms with Gasteiger partial charge in [-0.05, 0) is 43.3 Å². The number of carbonyl (C=O) groups is 1. The summed E-state index contributed by atoms with van der Waals surface area (Å²) in [6.45, 7) is 1.58. The number of hydrogen-bond donors (Lipinski definition) is 2. The minimum absolute atomic E-state index is 0.0120. The van der Waals surface area contributed by atoms with Gasteiger partial charge in [0.05, 0.1) is 16.5 Å². The maximum atomic E-state index is 14.6. The molecule has 0 saturated carbocycles. The van der Waals surface area contributed by atoms with Crippen LogP contribution in [-0.4, -0.2) is 40.6 Å². The number of halogens is 1. The predicted octanol–water partition coefficient (Wildman–Crippen LogP) is 2.26. The zero-order valence-electron chi connectivity index (χ0n) is 17.8. The molecular weight excluding hydrogens is 441 g/mol. The van der Waals surface area contributed by atoms with Crippen molar-refractivity contribution < 1.29 is 26.8 Å². The quantitative estimate of drug-likeness (QED) is 0.555. The Morgan fingerprint density at radius 3 is 2.56 bits per heavy atom. The fourth-order valence-corrected chi connectivity index (χ4v) is 3.93. The Kier molecular flexibility index (Phi) is 6.35. The van der Waals surface area contributed by atoms with E-state index in [-0.39, 0.29) is 27.2 Å². The van der Waals surface area contributed by atoms with Crippen LogP contribution in [0.5, 0.6) is 5.75 Å². The lowest BCUT2D eigenvalue weighted by Gasteiger charge is -2.17. The normalized spacial score (nSPS) is 12.6. The van der Waals surface area contributed by atoms with Gasteiger partial charge in [0.15, 0.2) is 11.6 Å². The molecule has 3 N–H and O–H groups in total. The predicted molar refractivity (Wildman–Crippen MR) is 116 cm³/mol. The van der Waals surface area contributed by atoms with E-state index >= 15 is 0 Å². The molecule has 9 nitrogen and oxygen atoms in total. The van der Waals surface area contributed by atoms with E-state index in [4.69, 9.17) is 14.9 Å². The molecule has 0 aliphatic rings. The molecule has 0 aliphatic heterocycles. The monoisotopic (exact) mass is 463 g/mol. The first-order valence-electron chi connectivity index (χ1n) is 9.41. The van der Waals surface area contributed by atoms with E-state index in [1.165, 1.54) is 39.3 Å². The number of benzene rings is 2. The number of rotatable bonds is 5. The highest BCUT2D eigenvalue weighted by Gasteiger charge is 2.23. The summed E-state index contributed by atoms with van der Waals surface area (Å²) in [6.07, 6.45) is -0.794. The van der Waals surface area contributed by atoms with Crippen molar-refractivity contribution in [2.45, 2.75) is 17.9 Å². The van der Waals surface area contributed by atoms with E-state index in [0.29, 0.717) is 11.1 Å². The molecule has 0 bridgehead atoms. The van der Waals surface area contributed by atoms with Crippen molar-refractivity contribution in [1.82, 2.24) is 9.62 Å². The van der Waals surface area contributed by atoms with Crippen LogP contribution in [0.4, 0.5) is 9.18 Å². The zero-order valence-corrected chi connectivity index (χ0v) is 18.6. The number of nitrogens with zero attached hydrogens (tertiary/aromatic N) is 1. The fourth-order valence-electron chi connectivity index (χ4n) is 3.15.